The third kappa shape index (κ3) is 4.72. The van der Waals surface area contributed by atoms with Crippen molar-refractivity contribution in [2.75, 3.05) is 5.75 Å². The standard InChI is InChI=1S/C16H21N3OS/c1-3-12(2)14(17)15-18-19-16(20-15)21-11-7-10-13-8-5-4-6-9-13/h4-10,12,14H,3,11,17H2,1-2H3/b10-7+/t12?,14-/m0/s1. The summed E-state index contributed by atoms with van der Waals surface area (Å²) in [6.45, 7) is 4.19. The molecule has 0 aliphatic rings. The van der Waals surface area contributed by atoms with Gasteiger partial charge in [0.25, 0.3) is 5.22 Å². The zero-order chi connectivity index (χ0) is 15.1. The van der Waals surface area contributed by atoms with Crippen LogP contribution in [0.25, 0.3) is 6.08 Å². The molecule has 0 saturated heterocycles. The average molecular weight is 303 g/mol. The van der Waals surface area contributed by atoms with Crippen LogP contribution >= 0.6 is 11.8 Å². The number of rotatable bonds is 7. The van der Waals surface area contributed by atoms with Crippen LogP contribution in [-0.4, -0.2) is 16.0 Å². The van der Waals surface area contributed by atoms with Gasteiger partial charge in [-0.3, -0.25) is 0 Å². The molecule has 112 valence electrons. The molecule has 0 bridgehead atoms. The number of thioether (sulfide) groups is 1. The van der Waals surface area contributed by atoms with Crippen molar-refractivity contribution in [3.05, 3.63) is 47.9 Å². The lowest BCUT2D eigenvalue weighted by Gasteiger charge is -2.13. The Hall–Kier alpha value is -1.59. The van der Waals surface area contributed by atoms with Gasteiger partial charge in [-0.05, 0) is 11.5 Å². The lowest BCUT2D eigenvalue weighted by atomic mass is 10.0. The molecule has 4 nitrogen and oxygen atoms in total. The molecule has 0 radical (unpaired) electrons. The highest BCUT2D eigenvalue weighted by Crippen LogP contribution is 2.24. The maximum Gasteiger partial charge on any atom is 0.276 e. The Balaban J connectivity index is 1.84. The minimum Gasteiger partial charge on any atom is -0.414 e. The summed E-state index contributed by atoms with van der Waals surface area (Å²) in [5.41, 5.74) is 7.26. The van der Waals surface area contributed by atoms with E-state index in [1.54, 1.807) is 0 Å². The number of hydrogen-bond donors (Lipinski definition) is 1. The number of hydrogen-bond acceptors (Lipinski definition) is 5. The van der Waals surface area contributed by atoms with Crippen molar-refractivity contribution in [2.24, 2.45) is 11.7 Å². The second-order valence-electron chi connectivity index (χ2n) is 4.94. The van der Waals surface area contributed by atoms with Crippen LogP contribution in [0, 0.1) is 5.92 Å². The highest BCUT2D eigenvalue weighted by atomic mass is 32.2. The van der Waals surface area contributed by atoms with Gasteiger partial charge in [-0.1, -0.05) is 74.5 Å². The summed E-state index contributed by atoms with van der Waals surface area (Å²) in [6.07, 6.45) is 5.15. The summed E-state index contributed by atoms with van der Waals surface area (Å²) in [5, 5.41) is 8.64. The predicted octanol–water partition coefficient (Wildman–Crippen LogP) is 3.92. The molecule has 1 aromatic carbocycles. The van der Waals surface area contributed by atoms with Crippen molar-refractivity contribution in [1.29, 1.82) is 0 Å². The zero-order valence-corrected chi connectivity index (χ0v) is 13.2. The summed E-state index contributed by atoms with van der Waals surface area (Å²) in [4.78, 5) is 0. The van der Waals surface area contributed by atoms with Crippen LogP contribution in [0.3, 0.4) is 0 Å². The average Bonchev–Trinajstić information content (AvgIpc) is 3.00. The molecule has 2 N–H and O–H groups in total. The fourth-order valence-electron chi connectivity index (χ4n) is 1.78. The topological polar surface area (TPSA) is 64.9 Å². The van der Waals surface area contributed by atoms with E-state index in [-0.39, 0.29) is 6.04 Å². The van der Waals surface area contributed by atoms with Gasteiger partial charge in [-0.2, -0.15) is 0 Å². The molecule has 1 heterocycles. The molecule has 0 aliphatic heterocycles. The SMILES string of the molecule is CCC(C)[C@H](N)c1nnc(SC/C=C/c2ccccc2)o1. The first-order chi connectivity index (χ1) is 10.2. The van der Waals surface area contributed by atoms with Gasteiger partial charge in [0.15, 0.2) is 0 Å². The Kier molecular flexibility index (Phi) is 6.02. The summed E-state index contributed by atoms with van der Waals surface area (Å²) in [6, 6.07) is 10.00. The fraction of sp³-hybridized carbons (Fsp3) is 0.375. The van der Waals surface area contributed by atoms with Crippen molar-refractivity contribution in [1.82, 2.24) is 10.2 Å². The molecule has 1 aromatic heterocycles. The van der Waals surface area contributed by atoms with E-state index in [9.17, 15) is 0 Å². The number of nitrogens with two attached hydrogens (primary N) is 1. The second kappa shape index (κ2) is 8.00. The normalized spacial score (nSPS) is 14.4. The van der Waals surface area contributed by atoms with E-state index in [4.69, 9.17) is 10.2 Å². The lowest BCUT2D eigenvalue weighted by Crippen LogP contribution is -2.18. The molecule has 1 unspecified atom stereocenters. The lowest BCUT2D eigenvalue weighted by molar-refractivity contribution is 0.333. The minimum absolute atomic E-state index is 0.184. The molecule has 5 heteroatoms. The van der Waals surface area contributed by atoms with Gasteiger partial charge in [0.05, 0.1) is 6.04 Å². The van der Waals surface area contributed by atoms with Crippen LogP contribution in [0.5, 0.6) is 0 Å². The van der Waals surface area contributed by atoms with Gasteiger partial charge in [-0.15, -0.1) is 10.2 Å². The molecule has 21 heavy (non-hydrogen) atoms. The monoisotopic (exact) mass is 303 g/mol. The van der Waals surface area contributed by atoms with E-state index in [0.717, 1.165) is 12.2 Å². The maximum atomic E-state index is 6.07. The van der Waals surface area contributed by atoms with Crippen LogP contribution in [0.15, 0.2) is 46.0 Å². The molecule has 0 aliphatic carbocycles. The Morgan fingerprint density at radius 1 is 1.29 bits per heavy atom. The highest BCUT2D eigenvalue weighted by molar-refractivity contribution is 7.99. The van der Waals surface area contributed by atoms with Crippen molar-refractivity contribution >= 4 is 17.8 Å². The first kappa shape index (κ1) is 15.8. The van der Waals surface area contributed by atoms with Gasteiger partial charge in [0, 0.05) is 5.75 Å². The van der Waals surface area contributed by atoms with E-state index in [1.807, 2.05) is 18.2 Å². The summed E-state index contributed by atoms with van der Waals surface area (Å²) >= 11 is 1.51. The maximum absolute atomic E-state index is 6.07. The van der Waals surface area contributed by atoms with E-state index in [2.05, 4.69) is 48.3 Å². The van der Waals surface area contributed by atoms with Crippen molar-refractivity contribution in [3.63, 3.8) is 0 Å². The van der Waals surface area contributed by atoms with Gasteiger partial charge < -0.3 is 10.2 Å². The molecule has 0 spiro atoms. The summed E-state index contributed by atoms with van der Waals surface area (Å²) < 4.78 is 5.60. The minimum atomic E-state index is -0.184. The third-order valence-corrected chi connectivity index (χ3v) is 4.15. The van der Waals surface area contributed by atoms with E-state index >= 15 is 0 Å². The Morgan fingerprint density at radius 3 is 2.76 bits per heavy atom. The fourth-order valence-corrected chi connectivity index (χ4v) is 2.36. The van der Waals surface area contributed by atoms with Crippen LogP contribution in [0.1, 0.15) is 37.8 Å². The van der Waals surface area contributed by atoms with E-state index in [0.29, 0.717) is 17.0 Å². The van der Waals surface area contributed by atoms with E-state index in [1.165, 1.54) is 17.3 Å². The Labute approximate surface area is 129 Å². The smallest absolute Gasteiger partial charge is 0.276 e. The van der Waals surface area contributed by atoms with Gasteiger partial charge in [0.2, 0.25) is 5.89 Å². The summed E-state index contributed by atoms with van der Waals surface area (Å²) in [7, 11) is 0. The van der Waals surface area contributed by atoms with Gasteiger partial charge >= 0.3 is 0 Å². The first-order valence-corrected chi connectivity index (χ1v) is 8.12. The van der Waals surface area contributed by atoms with Gasteiger partial charge in [0.1, 0.15) is 0 Å². The molecule has 0 saturated carbocycles. The molecular weight excluding hydrogens is 282 g/mol. The second-order valence-corrected chi connectivity index (χ2v) is 5.91. The molecule has 0 amide bonds. The molecule has 0 fully saturated rings. The van der Waals surface area contributed by atoms with Crippen LogP contribution in [0.4, 0.5) is 0 Å². The van der Waals surface area contributed by atoms with Crippen molar-refractivity contribution < 1.29 is 4.42 Å². The Bertz CT molecular complexity index is 568. The third-order valence-electron chi connectivity index (χ3n) is 3.38. The van der Waals surface area contributed by atoms with Crippen molar-refractivity contribution in [2.45, 2.75) is 31.5 Å². The first-order valence-electron chi connectivity index (χ1n) is 7.14. The highest BCUT2D eigenvalue weighted by Gasteiger charge is 2.19. The Morgan fingerprint density at radius 2 is 2.05 bits per heavy atom. The van der Waals surface area contributed by atoms with Crippen LogP contribution in [0.2, 0.25) is 0 Å². The largest absolute Gasteiger partial charge is 0.414 e. The number of aromatic nitrogens is 2. The molecule has 2 rings (SSSR count). The quantitative estimate of drug-likeness (QED) is 0.785. The zero-order valence-electron chi connectivity index (χ0n) is 12.4. The van der Waals surface area contributed by atoms with Crippen molar-refractivity contribution in [3.8, 4) is 0 Å². The van der Waals surface area contributed by atoms with Crippen LogP contribution < -0.4 is 5.73 Å². The predicted molar refractivity (Wildman–Crippen MR) is 86.9 cm³/mol. The molecule has 2 atom stereocenters. The number of benzene rings is 1. The molecular formula is C16H21N3OS. The van der Waals surface area contributed by atoms with E-state index < -0.39 is 0 Å². The van der Waals surface area contributed by atoms with Gasteiger partial charge in [-0.25, -0.2) is 0 Å². The van der Waals surface area contributed by atoms with Crippen LogP contribution in [-0.2, 0) is 0 Å². The number of nitrogens with zero attached hydrogens (tertiary/aromatic N) is 2. The molecule has 2 aromatic rings. The summed E-state index contributed by atoms with van der Waals surface area (Å²) in [5.74, 6) is 1.65.